The van der Waals surface area contributed by atoms with Crippen LogP contribution in [0.3, 0.4) is 0 Å². The van der Waals surface area contributed by atoms with Crippen LogP contribution < -0.4 is 14.9 Å². The number of benzene rings is 1. The van der Waals surface area contributed by atoms with Crippen LogP contribution in [0.4, 0.5) is 4.39 Å². The zero-order chi connectivity index (χ0) is 23.6. The van der Waals surface area contributed by atoms with Crippen LogP contribution in [0.1, 0.15) is 42.2 Å². The van der Waals surface area contributed by atoms with Gasteiger partial charge in [-0.2, -0.15) is 0 Å². The summed E-state index contributed by atoms with van der Waals surface area (Å²) in [6.07, 6.45) is 2.20. The van der Waals surface area contributed by atoms with E-state index in [1.807, 2.05) is 0 Å². The second-order valence-electron chi connectivity index (χ2n) is 8.47. The lowest BCUT2D eigenvalue weighted by Crippen LogP contribution is -2.37. The van der Waals surface area contributed by atoms with Crippen molar-refractivity contribution in [2.75, 3.05) is 34.0 Å². The van der Waals surface area contributed by atoms with Crippen LogP contribution in [0, 0.1) is 11.2 Å². The van der Waals surface area contributed by atoms with Crippen LogP contribution >= 0.6 is 0 Å². The van der Waals surface area contributed by atoms with Gasteiger partial charge in [0, 0.05) is 43.4 Å². The minimum absolute atomic E-state index is 0.0305. The smallest absolute Gasteiger partial charge is 0.341 e. The molecule has 174 valence electrons. The first-order valence-electron chi connectivity index (χ1n) is 10.3. The van der Waals surface area contributed by atoms with Gasteiger partial charge in [-0.3, -0.25) is 4.79 Å². The Kier molecular flexibility index (Phi) is 6.90. The van der Waals surface area contributed by atoms with E-state index in [4.69, 9.17) is 14.2 Å². The minimum atomic E-state index is -1.51. The van der Waals surface area contributed by atoms with Gasteiger partial charge >= 0.3 is 5.97 Å². The molecule has 8 nitrogen and oxygen atoms in total. The molecule has 1 aliphatic rings. The molecule has 0 saturated heterocycles. The number of fused-ring (bicyclic) bond motifs is 3. The van der Waals surface area contributed by atoms with Crippen molar-refractivity contribution >= 4 is 5.97 Å². The molecule has 32 heavy (non-hydrogen) atoms. The van der Waals surface area contributed by atoms with Gasteiger partial charge in [0.1, 0.15) is 5.56 Å². The molecule has 3 rings (SSSR count). The monoisotopic (exact) mass is 449 g/mol. The number of rotatable bonds is 9. The van der Waals surface area contributed by atoms with Crippen molar-refractivity contribution in [2.24, 2.45) is 5.41 Å². The highest BCUT2D eigenvalue weighted by Crippen LogP contribution is 2.46. The summed E-state index contributed by atoms with van der Waals surface area (Å²) in [4.78, 5) is 24.0. The molecule has 0 amide bonds. The number of nitrogens with zero attached hydrogens (tertiary/aromatic N) is 1. The molecule has 0 bridgehead atoms. The van der Waals surface area contributed by atoms with Crippen molar-refractivity contribution in [2.45, 2.75) is 32.7 Å². The number of carboxylic acids is 1. The van der Waals surface area contributed by atoms with Crippen molar-refractivity contribution < 1.29 is 33.6 Å². The van der Waals surface area contributed by atoms with Crippen molar-refractivity contribution in [3.8, 4) is 22.8 Å². The van der Waals surface area contributed by atoms with E-state index >= 15 is 4.39 Å². The number of pyridine rings is 1. The summed E-state index contributed by atoms with van der Waals surface area (Å²) in [6.45, 7) is 4.30. The second-order valence-corrected chi connectivity index (χ2v) is 8.47. The maximum absolute atomic E-state index is 15.3. The molecule has 2 aromatic rings. The maximum Gasteiger partial charge on any atom is 0.341 e. The molecule has 1 aromatic heterocycles. The number of methoxy groups -OCH3 is 2. The molecule has 0 aliphatic carbocycles. The summed E-state index contributed by atoms with van der Waals surface area (Å²) in [5.41, 5.74) is -1.47. The minimum Gasteiger partial charge on any atom is -0.493 e. The average molecular weight is 449 g/mol. The van der Waals surface area contributed by atoms with Gasteiger partial charge in [-0.05, 0) is 24.1 Å². The van der Waals surface area contributed by atoms with Crippen molar-refractivity contribution in [3.05, 3.63) is 45.5 Å². The number of carbonyl (C=O) groups is 1. The van der Waals surface area contributed by atoms with Gasteiger partial charge in [0.2, 0.25) is 5.43 Å². The normalized spacial score (nSPS) is 15.1. The lowest BCUT2D eigenvalue weighted by Gasteiger charge is -2.40. The highest BCUT2D eigenvalue weighted by atomic mass is 19.1. The SMILES string of the molecule is COCCCOc1cc2c(cc1OC)-c1c(F)c(=O)c(C(=O)O)cn1C(C(C)(C)CO)C2. The Labute approximate surface area is 185 Å². The first-order valence-corrected chi connectivity index (χ1v) is 10.3. The highest BCUT2D eigenvalue weighted by molar-refractivity contribution is 5.88. The van der Waals surface area contributed by atoms with E-state index in [9.17, 15) is 19.8 Å². The van der Waals surface area contributed by atoms with Crippen LogP contribution in [-0.2, 0) is 11.2 Å². The summed E-state index contributed by atoms with van der Waals surface area (Å²) in [5.74, 6) is -1.82. The summed E-state index contributed by atoms with van der Waals surface area (Å²) in [6, 6.07) is 2.84. The molecule has 0 fully saturated rings. The van der Waals surface area contributed by atoms with Crippen molar-refractivity contribution in [1.82, 2.24) is 4.57 Å². The second kappa shape index (κ2) is 9.30. The van der Waals surface area contributed by atoms with Crippen molar-refractivity contribution in [3.63, 3.8) is 0 Å². The Morgan fingerprint density at radius 1 is 1.25 bits per heavy atom. The fourth-order valence-corrected chi connectivity index (χ4v) is 3.97. The molecule has 2 N–H and O–H groups in total. The van der Waals surface area contributed by atoms with Crippen LogP contribution in [0.2, 0.25) is 0 Å². The van der Waals surface area contributed by atoms with E-state index < -0.39 is 34.2 Å². The molecule has 1 aliphatic heterocycles. The Bertz CT molecular complexity index is 1080. The quantitative estimate of drug-likeness (QED) is 0.567. The fourth-order valence-electron chi connectivity index (χ4n) is 3.97. The van der Waals surface area contributed by atoms with E-state index in [-0.39, 0.29) is 12.3 Å². The predicted molar refractivity (Wildman–Crippen MR) is 115 cm³/mol. The van der Waals surface area contributed by atoms with E-state index in [2.05, 4.69) is 0 Å². The molecule has 0 spiro atoms. The molecular formula is C23H28FNO7. The average Bonchev–Trinajstić information content (AvgIpc) is 2.77. The fraction of sp³-hybridized carbons (Fsp3) is 0.478. The van der Waals surface area contributed by atoms with Crippen LogP contribution in [0.25, 0.3) is 11.3 Å². The van der Waals surface area contributed by atoms with E-state index in [1.165, 1.54) is 11.7 Å². The highest BCUT2D eigenvalue weighted by Gasteiger charge is 2.38. The van der Waals surface area contributed by atoms with Crippen LogP contribution in [0.5, 0.6) is 11.5 Å². The molecule has 0 saturated carbocycles. The molecule has 1 unspecified atom stereocenters. The zero-order valence-corrected chi connectivity index (χ0v) is 18.6. The topological polar surface area (TPSA) is 107 Å². The molecule has 1 aromatic carbocycles. The van der Waals surface area contributed by atoms with Gasteiger partial charge in [0.15, 0.2) is 17.3 Å². The predicted octanol–water partition coefficient (Wildman–Crippen LogP) is 2.89. The molecular weight excluding hydrogens is 421 g/mol. The third-order valence-corrected chi connectivity index (χ3v) is 5.86. The van der Waals surface area contributed by atoms with E-state index in [1.54, 1.807) is 33.1 Å². The number of aliphatic hydroxyl groups is 1. The molecule has 0 radical (unpaired) electrons. The number of halogens is 1. The van der Waals surface area contributed by atoms with Gasteiger partial charge in [-0.15, -0.1) is 0 Å². The zero-order valence-electron chi connectivity index (χ0n) is 18.6. The molecule has 2 heterocycles. The number of aliphatic hydroxyl groups excluding tert-OH is 1. The Morgan fingerprint density at radius 3 is 2.56 bits per heavy atom. The molecule has 1 atom stereocenters. The van der Waals surface area contributed by atoms with Gasteiger partial charge < -0.3 is 29.0 Å². The number of aromatic carboxylic acids is 1. The summed E-state index contributed by atoms with van der Waals surface area (Å²) >= 11 is 0. The lowest BCUT2D eigenvalue weighted by atomic mass is 9.77. The number of carboxylic acid groups (broad SMARTS) is 1. The summed E-state index contributed by atoms with van der Waals surface area (Å²) < 4.78 is 33.1. The molecule has 9 heteroatoms. The first kappa shape index (κ1) is 23.7. The maximum atomic E-state index is 15.3. The van der Waals surface area contributed by atoms with Gasteiger partial charge in [0.25, 0.3) is 0 Å². The summed E-state index contributed by atoms with van der Waals surface area (Å²) in [5, 5.41) is 19.4. The summed E-state index contributed by atoms with van der Waals surface area (Å²) in [7, 11) is 3.06. The van der Waals surface area contributed by atoms with E-state index in [0.717, 1.165) is 6.20 Å². The van der Waals surface area contributed by atoms with Crippen LogP contribution in [-0.4, -0.2) is 54.8 Å². The number of ether oxygens (including phenoxy) is 3. The van der Waals surface area contributed by atoms with Crippen LogP contribution in [0.15, 0.2) is 23.1 Å². The lowest BCUT2D eigenvalue weighted by molar-refractivity contribution is 0.0690. The van der Waals surface area contributed by atoms with Gasteiger partial charge in [-0.1, -0.05) is 13.8 Å². The largest absolute Gasteiger partial charge is 0.493 e. The van der Waals surface area contributed by atoms with Gasteiger partial charge in [0.05, 0.1) is 26.0 Å². The Balaban J connectivity index is 2.22. The number of aromatic nitrogens is 1. The third-order valence-electron chi connectivity index (χ3n) is 5.86. The van der Waals surface area contributed by atoms with Crippen molar-refractivity contribution in [1.29, 1.82) is 0 Å². The Hall–Kier alpha value is -2.91. The first-order chi connectivity index (χ1) is 15.2. The third kappa shape index (κ3) is 4.22. The number of hydrogen-bond acceptors (Lipinski definition) is 6. The standard InChI is InChI=1S/C23H28FNO7/c1-23(2,12-26)18-9-13-8-17(32-7-5-6-30-3)16(31-4)10-14(13)20-19(24)21(27)15(22(28)29)11-25(18)20/h8,10-11,18,26H,5-7,9,12H2,1-4H3,(H,28,29). The number of hydrogen-bond donors (Lipinski definition) is 2. The van der Waals surface area contributed by atoms with E-state index in [0.29, 0.717) is 48.7 Å². The Morgan fingerprint density at radius 2 is 1.97 bits per heavy atom. The van der Waals surface area contributed by atoms with Gasteiger partial charge in [-0.25, -0.2) is 9.18 Å².